The Morgan fingerprint density at radius 3 is 1.72 bits per heavy atom. The van der Waals surface area contributed by atoms with E-state index in [9.17, 15) is 30.0 Å². The first-order chi connectivity index (χ1) is 7.57. The molecule has 0 heterocycles. The Hall–Kier alpha value is -0.390. The Labute approximate surface area is 103 Å². The second kappa shape index (κ2) is 4.94. The predicted molar refractivity (Wildman–Crippen MR) is 55.7 cm³/mol. The summed E-state index contributed by atoms with van der Waals surface area (Å²) in [4.78, 5) is 0. The molecule has 0 aliphatic heterocycles. The van der Waals surface area contributed by atoms with Crippen LogP contribution in [-0.2, 0) is 24.4 Å². The van der Waals surface area contributed by atoms with Crippen LogP contribution >= 0.6 is 0 Å². The van der Waals surface area contributed by atoms with Crippen LogP contribution in [0.2, 0.25) is 0 Å². The molecule has 0 aromatic heterocycles. The zero-order chi connectivity index (χ0) is 15.0. The topological polar surface area (TPSA) is 97.7 Å². The van der Waals surface area contributed by atoms with Crippen LogP contribution in [0.1, 0.15) is 20.8 Å². The van der Waals surface area contributed by atoms with Gasteiger partial charge in [0.25, 0.3) is 20.2 Å². The molecular weight excluding hydrogens is 301 g/mol. The van der Waals surface area contributed by atoms with Crippen LogP contribution in [0.15, 0.2) is 0 Å². The van der Waals surface area contributed by atoms with Crippen molar-refractivity contribution in [1.29, 1.82) is 0 Å². The van der Waals surface area contributed by atoms with E-state index in [2.05, 4.69) is 4.18 Å². The maximum absolute atomic E-state index is 12.3. The van der Waals surface area contributed by atoms with E-state index < -0.39 is 43.0 Å². The SMILES string of the molecule is CC(C)(C)COS(=O)(=O)C(C(F)(F)F)S(=O)(=O)O. The van der Waals surface area contributed by atoms with E-state index in [1.165, 1.54) is 20.8 Å². The zero-order valence-corrected chi connectivity index (χ0v) is 11.4. The van der Waals surface area contributed by atoms with Gasteiger partial charge in [-0.1, -0.05) is 20.8 Å². The van der Waals surface area contributed by atoms with Gasteiger partial charge in [0.2, 0.25) is 0 Å². The van der Waals surface area contributed by atoms with Gasteiger partial charge in [-0.2, -0.15) is 30.0 Å². The molecule has 1 atom stereocenters. The van der Waals surface area contributed by atoms with Gasteiger partial charge in [0.15, 0.2) is 0 Å². The van der Waals surface area contributed by atoms with E-state index in [0.29, 0.717) is 0 Å². The van der Waals surface area contributed by atoms with Crippen molar-refractivity contribution in [2.75, 3.05) is 6.61 Å². The zero-order valence-electron chi connectivity index (χ0n) is 9.72. The van der Waals surface area contributed by atoms with Crippen molar-refractivity contribution in [2.45, 2.75) is 31.5 Å². The van der Waals surface area contributed by atoms with Crippen molar-refractivity contribution >= 4 is 20.2 Å². The van der Waals surface area contributed by atoms with Crippen molar-refractivity contribution in [3.63, 3.8) is 0 Å². The highest BCUT2D eigenvalue weighted by molar-refractivity contribution is 8.04. The molecule has 0 aromatic carbocycles. The second-order valence-electron chi connectivity index (χ2n) is 4.70. The van der Waals surface area contributed by atoms with E-state index in [-0.39, 0.29) is 0 Å². The van der Waals surface area contributed by atoms with Crippen molar-refractivity contribution in [1.82, 2.24) is 0 Å². The van der Waals surface area contributed by atoms with Crippen LogP contribution < -0.4 is 0 Å². The summed E-state index contributed by atoms with van der Waals surface area (Å²) in [5, 5.41) is 0. The van der Waals surface area contributed by atoms with Crippen LogP contribution in [0, 0.1) is 5.41 Å². The van der Waals surface area contributed by atoms with Gasteiger partial charge in [-0.15, -0.1) is 0 Å². The molecule has 0 amide bonds. The molecule has 0 saturated heterocycles. The lowest BCUT2D eigenvalue weighted by Crippen LogP contribution is -2.44. The number of rotatable bonds is 4. The normalized spacial score (nSPS) is 16.6. The van der Waals surface area contributed by atoms with E-state index in [1.54, 1.807) is 0 Å². The number of alkyl halides is 3. The van der Waals surface area contributed by atoms with Crippen molar-refractivity contribution < 1.29 is 38.7 Å². The third kappa shape index (κ3) is 5.50. The fraction of sp³-hybridized carbons (Fsp3) is 1.00. The number of hydrogen-bond acceptors (Lipinski definition) is 5. The van der Waals surface area contributed by atoms with Gasteiger partial charge in [0, 0.05) is 0 Å². The molecule has 0 bridgehead atoms. The predicted octanol–water partition coefficient (Wildman–Crippen LogP) is 1.16. The molecule has 1 unspecified atom stereocenters. The summed E-state index contributed by atoms with van der Waals surface area (Å²) in [6.45, 7) is 3.76. The first-order valence-corrected chi connectivity index (χ1v) is 7.46. The maximum atomic E-state index is 12.3. The van der Waals surface area contributed by atoms with E-state index in [4.69, 9.17) is 4.55 Å². The molecule has 0 radical (unpaired) electrons. The summed E-state index contributed by atoms with van der Waals surface area (Å²) in [6.07, 6.45) is -5.69. The fourth-order valence-electron chi connectivity index (χ4n) is 0.802. The summed E-state index contributed by atoms with van der Waals surface area (Å²) in [6, 6.07) is 0. The first-order valence-electron chi connectivity index (χ1n) is 4.49. The van der Waals surface area contributed by atoms with E-state index in [0.717, 1.165) is 0 Å². The van der Waals surface area contributed by atoms with Gasteiger partial charge in [0.05, 0.1) is 6.61 Å². The minimum atomic E-state index is -5.89. The van der Waals surface area contributed by atoms with Crippen LogP contribution in [0.25, 0.3) is 0 Å². The van der Waals surface area contributed by atoms with Gasteiger partial charge in [-0.25, -0.2) is 0 Å². The molecule has 0 spiro atoms. The van der Waals surface area contributed by atoms with Gasteiger partial charge < -0.3 is 0 Å². The Morgan fingerprint density at radius 2 is 1.50 bits per heavy atom. The highest BCUT2D eigenvalue weighted by Crippen LogP contribution is 2.31. The standard InChI is InChI=1S/C7H13F3O6S2/c1-6(2,3)4-16-18(14,15)5(7(8,9)10)17(11,12)13/h5H,4H2,1-3H3,(H,11,12,13). The second-order valence-corrected chi connectivity index (χ2v) is 8.20. The highest BCUT2D eigenvalue weighted by atomic mass is 32.3. The van der Waals surface area contributed by atoms with Crippen LogP contribution in [0.4, 0.5) is 13.2 Å². The van der Waals surface area contributed by atoms with Gasteiger partial charge in [-0.05, 0) is 5.41 Å². The Balaban J connectivity index is 5.41. The van der Waals surface area contributed by atoms with Crippen molar-refractivity contribution in [2.24, 2.45) is 5.41 Å². The Bertz CT molecular complexity index is 484. The van der Waals surface area contributed by atoms with Crippen LogP contribution in [0.3, 0.4) is 0 Å². The van der Waals surface area contributed by atoms with E-state index >= 15 is 0 Å². The largest absolute Gasteiger partial charge is 0.424 e. The summed E-state index contributed by atoms with van der Waals surface area (Å²) >= 11 is 0. The summed E-state index contributed by atoms with van der Waals surface area (Å²) < 4.78 is 88.8. The molecule has 0 fully saturated rings. The third-order valence-corrected chi connectivity index (χ3v) is 4.94. The average molecular weight is 314 g/mol. The van der Waals surface area contributed by atoms with Crippen molar-refractivity contribution in [3.05, 3.63) is 0 Å². The number of halogens is 3. The molecule has 6 nitrogen and oxygen atoms in total. The molecule has 11 heteroatoms. The summed E-state index contributed by atoms with van der Waals surface area (Å²) in [5.41, 5.74) is -0.803. The highest BCUT2D eigenvalue weighted by Gasteiger charge is 2.58. The molecular formula is C7H13F3O6S2. The minimum Gasteiger partial charge on any atom is -0.284 e. The Kier molecular flexibility index (Phi) is 4.84. The quantitative estimate of drug-likeness (QED) is 0.617. The molecule has 0 rings (SSSR count). The lowest BCUT2D eigenvalue weighted by molar-refractivity contribution is -0.117. The van der Waals surface area contributed by atoms with Gasteiger partial charge >= 0.3 is 10.8 Å². The molecule has 0 aliphatic rings. The van der Waals surface area contributed by atoms with Gasteiger partial charge in [0.1, 0.15) is 0 Å². The average Bonchev–Trinajstić information content (AvgIpc) is 1.92. The molecule has 1 N–H and O–H groups in total. The Morgan fingerprint density at radius 1 is 1.11 bits per heavy atom. The lowest BCUT2D eigenvalue weighted by Gasteiger charge is -2.21. The maximum Gasteiger partial charge on any atom is 0.424 e. The third-order valence-electron chi connectivity index (χ3n) is 1.46. The summed E-state index contributed by atoms with van der Waals surface area (Å²) in [7, 11) is -11.4. The summed E-state index contributed by atoms with van der Waals surface area (Å²) in [5.74, 6) is 0. The molecule has 0 aliphatic carbocycles. The molecule has 18 heavy (non-hydrogen) atoms. The fourth-order valence-corrected chi connectivity index (χ4v) is 3.47. The first kappa shape index (κ1) is 17.6. The smallest absolute Gasteiger partial charge is 0.284 e. The lowest BCUT2D eigenvalue weighted by atomic mass is 9.99. The monoisotopic (exact) mass is 314 g/mol. The molecule has 0 aromatic rings. The van der Waals surface area contributed by atoms with Crippen molar-refractivity contribution in [3.8, 4) is 0 Å². The van der Waals surface area contributed by atoms with Gasteiger partial charge in [-0.3, -0.25) is 8.74 Å². The van der Waals surface area contributed by atoms with E-state index in [1.807, 2.05) is 0 Å². The minimum absolute atomic E-state index is 0.655. The molecule has 0 saturated carbocycles. The van der Waals surface area contributed by atoms with Crippen LogP contribution in [0.5, 0.6) is 0 Å². The number of hydrogen-bond donors (Lipinski definition) is 1. The molecule has 110 valence electrons. The van der Waals surface area contributed by atoms with Crippen LogP contribution in [-0.4, -0.2) is 38.8 Å².